The molecular weight excluding hydrogens is 360 g/mol. The molecule has 0 bridgehead atoms. The van der Waals surface area contributed by atoms with Gasteiger partial charge in [0.25, 0.3) is 0 Å². The van der Waals surface area contributed by atoms with E-state index in [0.717, 1.165) is 29.5 Å². The molecule has 2 aromatic rings. The van der Waals surface area contributed by atoms with Crippen molar-refractivity contribution >= 4 is 15.8 Å². The average Bonchev–Trinajstić information content (AvgIpc) is 3.45. The molecule has 0 spiro atoms. The van der Waals surface area contributed by atoms with Crippen molar-refractivity contribution in [3.63, 3.8) is 0 Å². The monoisotopic (exact) mass is 386 g/mol. The zero-order valence-corrected chi connectivity index (χ0v) is 16.9. The standard InChI is InChI=1S/C22H26O4S/c1-4-26-21(23)22(2,3)19-11-7-17(8-12-19)18-9-13-20(14-10-18)27(24,25)15-16-5-6-16/h7-14,16H,4-6,15H2,1-3H3. The van der Waals surface area contributed by atoms with Gasteiger partial charge in [0.2, 0.25) is 0 Å². The fourth-order valence-electron chi connectivity index (χ4n) is 3.05. The van der Waals surface area contributed by atoms with Crippen molar-refractivity contribution < 1.29 is 17.9 Å². The van der Waals surface area contributed by atoms with E-state index in [-0.39, 0.29) is 11.7 Å². The number of hydrogen-bond acceptors (Lipinski definition) is 4. The van der Waals surface area contributed by atoms with Crippen LogP contribution in [0.25, 0.3) is 11.1 Å². The molecule has 4 nitrogen and oxygen atoms in total. The van der Waals surface area contributed by atoms with Crippen LogP contribution in [0.2, 0.25) is 0 Å². The predicted octanol–water partition coefficient (Wildman–Crippen LogP) is 4.38. The summed E-state index contributed by atoms with van der Waals surface area (Å²) in [5.74, 6) is 0.345. The average molecular weight is 387 g/mol. The van der Waals surface area contributed by atoms with Gasteiger partial charge in [0.05, 0.1) is 22.7 Å². The van der Waals surface area contributed by atoms with Gasteiger partial charge in [-0.2, -0.15) is 0 Å². The van der Waals surface area contributed by atoms with Crippen molar-refractivity contribution in [1.29, 1.82) is 0 Å². The second kappa shape index (κ2) is 7.47. The first-order valence-corrected chi connectivity index (χ1v) is 11.0. The molecule has 0 saturated heterocycles. The molecular formula is C22H26O4S. The molecule has 3 rings (SSSR count). The minimum absolute atomic E-state index is 0.247. The van der Waals surface area contributed by atoms with E-state index in [2.05, 4.69) is 0 Å². The number of ether oxygens (including phenoxy) is 1. The van der Waals surface area contributed by atoms with Gasteiger partial charge in [-0.1, -0.05) is 36.4 Å². The van der Waals surface area contributed by atoms with E-state index in [4.69, 9.17) is 4.74 Å². The summed E-state index contributed by atoms with van der Waals surface area (Å²) in [6.07, 6.45) is 2.04. The summed E-state index contributed by atoms with van der Waals surface area (Å²) in [5.41, 5.74) is 2.09. The van der Waals surface area contributed by atoms with E-state index >= 15 is 0 Å². The lowest BCUT2D eigenvalue weighted by Gasteiger charge is -2.23. The van der Waals surface area contributed by atoms with Crippen LogP contribution in [0, 0.1) is 5.92 Å². The fraction of sp³-hybridized carbons (Fsp3) is 0.409. The SMILES string of the molecule is CCOC(=O)C(C)(C)c1ccc(-c2ccc(S(=O)(=O)CC3CC3)cc2)cc1. The Morgan fingerprint density at radius 3 is 2.00 bits per heavy atom. The first-order chi connectivity index (χ1) is 12.7. The molecule has 2 aromatic carbocycles. The summed E-state index contributed by atoms with van der Waals surface area (Å²) in [6, 6.07) is 14.8. The Labute approximate surface area is 161 Å². The van der Waals surface area contributed by atoms with Crippen LogP contribution in [-0.4, -0.2) is 26.7 Å². The Kier molecular flexibility index (Phi) is 5.43. The zero-order chi connectivity index (χ0) is 19.7. The quantitative estimate of drug-likeness (QED) is 0.663. The Balaban J connectivity index is 1.78. The van der Waals surface area contributed by atoms with Crippen LogP contribution >= 0.6 is 0 Å². The van der Waals surface area contributed by atoms with Crippen molar-refractivity contribution in [3.8, 4) is 11.1 Å². The molecule has 0 heterocycles. The first kappa shape index (κ1) is 19.6. The summed E-state index contributed by atoms with van der Waals surface area (Å²) in [4.78, 5) is 12.5. The summed E-state index contributed by atoms with van der Waals surface area (Å²) in [5, 5.41) is 0. The van der Waals surface area contributed by atoms with Crippen LogP contribution in [0.5, 0.6) is 0 Å². The second-order valence-electron chi connectivity index (χ2n) is 7.67. The van der Waals surface area contributed by atoms with Gasteiger partial charge in [-0.15, -0.1) is 0 Å². The first-order valence-electron chi connectivity index (χ1n) is 9.35. The smallest absolute Gasteiger partial charge is 0.315 e. The third kappa shape index (κ3) is 4.41. The Hall–Kier alpha value is -2.14. The van der Waals surface area contributed by atoms with E-state index in [1.54, 1.807) is 19.1 Å². The van der Waals surface area contributed by atoms with Crippen LogP contribution in [-0.2, 0) is 24.8 Å². The minimum Gasteiger partial charge on any atom is -0.465 e. The molecule has 0 N–H and O–H groups in total. The highest BCUT2D eigenvalue weighted by Gasteiger charge is 2.31. The molecule has 0 radical (unpaired) electrons. The van der Waals surface area contributed by atoms with Gasteiger partial charge in [-0.3, -0.25) is 4.79 Å². The molecule has 1 saturated carbocycles. The maximum Gasteiger partial charge on any atom is 0.315 e. The van der Waals surface area contributed by atoms with Gasteiger partial charge in [0.15, 0.2) is 9.84 Å². The van der Waals surface area contributed by atoms with Crippen LogP contribution in [0.4, 0.5) is 0 Å². The molecule has 144 valence electrons. The Morgan fingerprint density at radius 2 is 1.52 bits per heavy atom. The minimum atomic E-state index is -3.19. The highest BCUT2D eigenvalue weighted by Crippen LogP contribution is 2.33. The molecule has 0 unspecified atom stereocenters. The molecule has 0 aromatic heterocycles. The van der Waals surface area contributed by atoms with E-state index < -0.39 is 15.3 Å². The third-order valence-electron chi connectivity index (χ3n) is 5.09. The number of carbonyl (C=O) groups excluding carboxylic acids is 1. The highest BCUT2D eigenvalue weighted by atomic mass is 32.2. The van der Waals surface area contributed by atoms with Gasteiger partial charge in [-0.05, 0) is 68.4 Å². The van der Waals surface area contributed by atoms with Gasteiger partial charge < -0.3 is 4.74 Å². The summed E-state index contributed by atoms with van der Waals surface area (Å²) in [6.45, 7) is 5.85. The molecule has 0 amide bonds. The van der Waals surface area contributed by atoms with E-state index in [9.17, 15) is 13.2 Å². The van der Waals surface area contributed by atoms with Crippen LogP contribution in [0.1, 0.15) is 39.2 Å². The summed E-state index contributed by atoms with van der Waals surface area (Å²) < 4.78 is 29.9. The molecule has 27 heavy (non-hydrogen) atoms. The van der Waals surface area contributed by atoms with Gasteiger partial charge >= 0.3 is 5.97 Å². The van der Waals surface area contributed by atoms with Crippen LogP contribution in [0.3, 0.4) is 0 Å². The van der Waals surface area contributed by atoms with Crippen LogP contribution in [0.15, 0.2) is 53.4 Å². The normalized spacial score (nSPS) is 14.8. The fourth-order valence-corrected chi connectivity index (χ4v) is 4.75. The number of carbonyl (C=O) groups is 1. The molecule has 0 atom stereocenters. The predicted molar refractivity (Wildman–Crippen MR) is 106 cm³/mol. The second-order valence-corrected chi connectivity index (χ2v) is 9.71. The van der Waals surface area contributed by atoms with Crippen molar-refractivity contribution in [2.75, 3.05) is 12.4 Å². The topological polar surface area (TPSA) is 60.4 Å². The maximum atomic E-state index is 12.4. The number of esters is 1. The van der Waals surface area contributed by atoms with Crippen molar-refractivity contribution in [1.82, 2.24) is 0 Å². The zero-order valence-electron chi connectivity index (χ0n) is 16.1. The molecule has 1 aliphatic carbocycles. The lowest BCUT2D eigenvalue weighted by atomic mass is 9.84. The largest absolute Gasteiger partial charge is 0.465 e. The maximum absolute atomic E-state index is 12.4. The molecule has 5 heteroatoms. The lowest BCUT2D eigenvalue weighted by Crippen LogP contribution is -2.31. The lowest BCUT2D eigenvalue weighted by molar-refractivity contribution is -0.148. The van der Waals surface area contributed by atoms with Crippen molar-refractivity contribution in [3.05, 3.63) is 54.1 Å². The van der Waals surface area contributed by atoms with E-state index in [1.165, 1.54) is 0 Å². The van der Waals surface area contributed by atoms with Gasteiger partial charge in [-0.25, -0.2) is 8.42 Å². The van der Waals surface area contributed by atoms with Gasteiger partial charge in [0, 0.05) is 0 Å². The molecule has 0 aliphatic heterocycles. The number of sulfone groups is 1. The Morgan fingerprint density at radius 1 is 1.00 bits per heavy atom. The summed E-state index contributed by atoms with van der Waals surface area (Å²) >= 11 is 0. The summed E-state index contributed by atoms with van der Waals surface area (Å²) in [7, 11) is -3.19. The number of hydrogen-bond donors (Lipinski definition) is 0. The molecule has 1 aliphatic rings. The number of benzene rings is 2. The van der Waals surface area contributed by atoms with E-state index in [1.807, 2.05) is 50.2 Å². The third-order valence-corrected chi connectivity index (χ3v) is 6.99. The Bertz CT molecular complexity index is 906. The van der Waals surface area contributed by atoms with Crippen molar-refractivity contribution in [2.45, 2.75) is 43.9 Å². The number of rotatable bonds is 7. The van der Waals surface area contributed by atoms with Gasteiger partial charge in [0.1, 0.15) is 0 Å². The van der Waals surface area contributed by atoms with Crippen molar-refractivity contribution in [2.24, 2.45) is 5.92 Å². The highest BCUT2D eigenvalue weighted by molar-refractivity contribution is 7.91. The molecule has 1 fully saturated rings. The van der Waals surface area contributed by atoms with Crippen LogP contribution < -0.4 is 0 Å². The van der Waals surface area contributed by atoms with E-state index in [0.29, 0.717) is 17.4 Å².